The standard InChI is InChI=1S/C15H20BrN3S/c1-11-9-20-14-13(11)17-10-18-15(14)19(8-7-16)12-5-3-2-4-6-12/h9-10,12H,2-8H2,1H3. The van der Waals surface area contributed by atoms with Crippen LogP contribution in [0.4, 0.5) is 5.82 Å². The molecule has 0 unspecified atom stereocenters. The smallest absolute Gasteiger partial charge is 0.150 e. The van der Waals surface area contributed by atoms with Gasteiger partial charge in [-0.3, -0.25) is 0 Å². The van der Waals surface area contributed by atoms with Crippen molar-refractivity contribution in [3.05, 3.63) is 17.3 Å². The van der Waals surface area contributed by atoms with Crippen molar-refractivity contribution in [2.24, 2.45) is 0 Å². The van der Waals surface area contributed by atoms with Crippen LogP contribution in [0.15, 0.2) is 11.7 Å². The molecule has 108 valence electrons. The molecule has 1 saturated carbocycles. The van der Waals surface area contributed by atoms with Crippen LogP contribution in [0.25, 0.3) is 10.2 Å². The van der Waals surface area contributed by atoms with Gasteiger partial charge in [0.05, 0.1) is 10.2 Å². The Morgan fingerprint density at radius 2 is 2.10 bits per heavy atom. The molecule has 2 heterocycles. The van der Waals surface area contributed by atoms with Crippen LogP contribution >= 0.6 is 27.3 Å². The summed E-state index contributed by atoms with van der Waals surface area (Å²) in [5.41, 5.74) is 2.38. The van der Waals surface area contributed by atoms with E-state index in [2.05, 4.69) is 43.1 Å². The summed E-state index contributed by atoms with van der Waals surface area (Å²) in [6.45, 7) is 3.15. The molecule has 3 nitrogen and oxygen atoms in total. The van der Waals surface area contributed by atoms with E-state index in [4.69, 9.17) is 0 Å². The third kappa shape index (κ3) is 2.70. The Labute approximate surface area is 132 Å². The van der Waals surface area contributed by atoms with Gasteiger partial charge in [0.15, 0.2) is 0 Å². The molecule has 0 amide bonds. The second-order valence-electron chi connectivity index (χ2n) is 5.47. The lowest BCUT2D eigenvalue weighted by Gasteiger charge is -2.35. The Hall–Kier alpha value is -0.680. The topological polar surface area (TPSA) is 29.0 Å². The minimum atomic E-state index is 0.641. The molecule has 2 aromatic heterocycles. The van der Waals surface area contributed by atoms with Gasteiger partial charge in [0.1, 0.15) is 12.1 Å². The number of nitrogens with zero attached hydrogens (tertiary/aromatic N) is 3. The molecule has 0 radical (unpaired) electrons. The number of aryl methyl sites for hydroxylation is 1. The molecule has 0 N–H and O–H groups in total. The van der Waals surface area contributed by atoms with Gasteiger partial charge in [-0.1, -0.05) is 35.2 Å². The average molecular weight is 354 g/mol. The van der Waals surface area contributed by atoms with Crippen LogP contribution in [0.3, 0.4) is 0 Å². The second kappa shape index (κ2) is 6.39. The first-order valence-corrected chi connectivity index (χ1v) is 9.33. The van der Waals surface area contributed by atoms with E-state index in [0.29, 0.717) is 6.04 Å². The number of fused-ring (bicyclic) bond motifs is 1. The Morgan fingerprint density at radius 1 is 1.30 bits per heavy atom. The number of thiophene rings is 1. The highest BCUT2D eigenvalue weighted by Crippen LogP contribution is 2.34. The van der Waals surface area contributed by atoms with Crippen LogP contribution in [-0.4, -0.2) is 27.9 Å². The fourth-order valence-corrected chi connectivity index (χ4v) is 4.50. The van der Waals surface area contributed by atoms with Gasteiger partial charge >= 0.3 is 0 Å². The van der Waals surface area contributed by atoms with E-state index < -0.39 is 0 Å². The first-order valence-electron chi connectivity index (χ1n) is 7.32. The molecule has 0 aliphatic heterocycles. The molecule has 0 bridgehead atoms. The molecule has 20 heavy (non-hydrogen) atoms. The van der Waals surface area contributed by atoms with Crippen LogP contribution in [0.1, 0.15) is 37.7 Å². The van der Waals surface area contributed by atoms with Gasteiger partial charge in [0.25, 0.3) is 0 Å². The van der Waals surface area contributed by atoms with Gasteiger partial charge in [0, 0.05) is 17.9 Å². The fraction of sp³-hybridized carbons (Fsp3) is 0.600. The molecule has 1 aliphatic carbocycles. The van der Waals surface area contributed by atoms with Crippen LogP contribution in [0.2, 0.25) is 0 Å². The van der Waals surface area contributed by atoms with Gasteiger partial charge in [0.2, 0.25) is 0 Å². The van der Waals surface area contributed by atoms with Crippen molar-refractivity contribution in [2.45, 2.75) is 45.1 Å². The number of hydrogen-bond acceptors (Lipinski definition) is 4. The van der Waals surface area contributed by atoms with E-state index in [0.717, 1.165) is 23.2 Å². The summed E-state index contributed by atoms with van der Waals surface area (Å²) in [6.07, 6.45) is 8.39. The molecule has 3 rings (SSSR count). The number of alkyl halides is 1. The zero-order valence-electron chi connectivity index (χ0n) is 11.8. The van der Waals surface area contributed by atoms with Gasteiger partial charge in [-0.05, 0) is 30.7 Å². The zero-order valence-corrected chi connectivity index (χ0v) is 14.2. The number of halogens is 1. The van der Waals surface area contributed by atoms with Gasteiger partial charge in [-0.25, -0.2) is 9.97 Å². The van der Waals surface area contributed by atoms with Crippen molar-refractivity contribution >= 4 is 43.3 Å². The summed E-state index contributed by atoms with van der Waals surface area (Å²) >= 11 is 5.38. The molecule has 5 heteroatoms. The fourth-order valence-electron chi connectivity index (χ4n) is 3.11. The zero-order chi connectivity index (χ0) is 13.9. The molecule has 1 fully saturated rings. The summed E-state index contributed by atoms with van der Waals surface area (Å²) in [7, 11) is 0. The molecule has 0 atom stereocenters. The molecule has 0 aromatic carbocycles. The Kier molecular flexibility index (Phi) is 4.56. The monoisotopic (exact) mass is 353 g/mol. The van der Waals surface area contributed by atoms with Gasteiger partial charge in [-0.15, -0.1) is 11.3 Å². The SMILES string of the molecule is Cc1csc2c(N(CCBr)C3CCCCC3)ncnc12. The average Bonchev–Trinajstić information content (AvgIpc) is 2.88. The van der Waals surface area contributed by atoms with Crippen molar-refractivity contribution in [1.82, 2.24) is 9.97 Å². The summed E-state index contributed by atoms with van der Waals surface area (Å²) < 4.78 is 1.25. The molecule has 1 aliphatic rings. The predicted molar refractivity (Wildman–Crippen MR) is 90.2 cm³/mol. The lowest BCUT2D eigenvalue weighted by atomic mass is 9.94. The van der Waals surface area contributed by atoms with Crippen molar-refractivity contribution < 1.29 is 0 Å². The molecular formula is C15H20BrN3S. The molecule has 0 spiro atoms. The van der Waals surface area contributed by atoms with Crippen LogP contribution in [0.5, 0.6) is 0 Å². The minimum absolute atomic E-state index is 0.641. The molecular weight excluding hydrogens is 334 g/mol. The summed E-state index contributed by atoms with van der Waals surface area (Å²) in [5, 5.41) is 3.18. The summed E-state index contributed by atoms with van der Waals surface area (Å²) in [4.78, 5) is 11.6. The van der Waals surface area contributed by atoms with Crippen molar-refractivity contribution in [3.63, 3.8) is 0 Å². The maximum absolute atomic E-state index is 4.62. The van der Waals surface area contributed by atoms with E-state index in [1.54, 1.807) is 17.7 Å². The normalized spacial score (nSPS) is 16.7. The number of rotatable bonds is 4. The predicted octanol–water partition coefficient (Wildman–Crippen LogP) is 4.53. The van der Waals surface area contributed by atoms with E-state index in [9.17, 15) is 0 Å². The van der Waals surface area contributed by atoms with Crippen LogP contribution in [0, 0.1) is 6.92 Å². The second-order valence-corrected chi connectivity index (χ2v) is 7.14. The van der Waals surface area contributed by atoms with Gasteiger partial charge < -0.3 is 4.90 Å². The highest BCUT2D eigenvalue weighted by Gasteiger charge is 2.24. The van der Waals surface area contributed by atoms with Gasteiger partial charge in [-0.2, -0.15) is 0 Å². The maximum atomic E-state index is 4.62. The van der Waals surface area contributed by atoms with Crippen molar-refractivity contribution in [3.8, 4) is 0 Å². The Bertz CT molecular complexity index is 578. The first kappa shape index (κ1) is 14.3. The van der Waals surface area contributed by atoms with Crippen LogP contribution in [-0.2, 0) is 0 Å². The largest absolute Gasteiger partial charge is 0.352 e. The molecule has 0 saturated heterocycles. The quantitative estimate of drug-likeness (QED) is 0.755. The van der Waals surface area contributed by atoms with Crippen molar-refractivity contribution in [1.29, 1.82) is 0 Å². The third-order valence-corrected chi connectivity index (χ3v) is 5.56. The lowest BCUT2D eigenvalue weighted by molar-refractivity contribution is 0.417. The highest BCUT2D eigenvalue weighted by molar-refractivity contribution is 9.09. The van der Waals surface area contributed by atoms with E-state index in [1.807, 2.05) is 0 Å². The number of hydrogen-bond donors (Lipinski definition) is 0. The first-order chi connectivity index (χ1) is 9.81. The van der Waals surface area contributed by atoms with E-state index in [1.165, 1.54) is 42.4 Å². The Morgan fingerprint density at radius 3 is 2.85 bits per heavy atom. The van der Waals surface area contributed by atoms with E-state index in [-0.39, 0.29) is 0 Å². The molecule has 2 aromatic rings. The third-order valence-electron chi connectivity index (χ3n) is 4.13. The summed E-state index contributed by atoms with van der Waals surface area (Å²) in [5.74, 6) is 1.14. The number of anilines is 1. The number of aromatic nitrogens is 2. The van der Waals surface area contributed by atoms with Crippen molar-refractivity contribution in [2.75, 3.05) is 16.8 Å². The van der Waals surface area contributed by atoms with Crippen LogP contribution < -0.4 is 4.90 Å². The lowest BCUT2D eigenvalue weighted by Crippen LogP contribution is -2.38. The summed E-state index contributed by atoms with van der Waals surface area (Å²) in [6, 6.07) is 0.641. The maximum Gasteiger partial charge on any atom is 0.150 e. The van der Waals surface area contributed by atoms with E-state index >= 15 is 0 Å². The minimum Gasteiger partial charge on any atom is -0.352 e. The Balaban J connectivity index is 2.00. The highest BCUT2D eigenvalue weighted by atomic mass is 79.9.